The van der Waals surface area contributed by atoms with Crippen LogP contribution in [0.2, 0.25) is 0 Å². The Kier molecular flexibility index (Phi) is 6.08. The van der Waals surface area contributed by atoms with Gasteiger partial charge in [0.2, 0.25) is 0 Å². The number of carbonyl (C=O) groups excluding carboxylic acids is 2. The van der Waals surface area contributed by atoms with Gasteiger partial charge in [0, 0.05) is 12.4 Å². The van der Waals surface area contributed by atoms with Crippen molar-refractivity contribution in [1.29, 1.82) is 0 Å². The van der Waals surface area contributed by atoms with Gasteiger partial charge in [0.25, 0.3) is 5.91 Å². The molecule has 0 aliphatic heterocycles. The van der Waals surface area contributed by atoms with Crippen LogP contribution in [-0.4, -0.2) is 21.6 Å². The van der Waals surface area contributed by atoms with E-state index in [1.807, 2.05) is 60.7 Å². The van der Waals surface area contributed by atoms with Crippen molar-refractivity contribution in [3.8, 4) is 5.75 Å². The minimum absolute atomic E-state index is 0.0577. The number of hydrazine groups is 1. The van der Waals surface area contributed by atoms with E-state index in [4.69, 9.17) is 9.15 Å². The van der Waals surface area contributed by atoms with E-state index >= 15 is 0 Å². The van der Waals surface area contributed by atoms with E-state index < -0.39 is 17.9 Å². The second kappa shape index (κ2) is 9.45. The Bertz CT molecular complexity index is 1120. The van der Waals surface area contributed by atoms with Gasteiger partial charge in [-0.2, -0.15) is 5.10 Å². The number of amides is 2. The first-order valence-corrected chi connectivity index (χ1v) is 9.61. The molecule has 31 heavy (non-hydrogen) atoms. The maximum atomic E-state index is 12.8. The highest BCUT2D eigenvalue weighted by molar-refractivity contribution is 5.93. The predicted molar refractivity (Wildman–Crippen MR) is 112 cm³/mol. The van der Waals surface area contributed by atoms with E-state index in [-0.39, 0.29) is 12.4 Å². The summed E-state index contributed by atoms with van der Waals surface area (Å²) in [5.74, 6) is 0.220. The van der Waals surface area contributed by atoms with Crippen LogP contribution in [0.1, 0.15) is 27.9 Å². The fraction of sp³-hybridized carbons (Fsp3) is 0.0870. The number of benzene rings is 2. The summed E-state index contributed by atoms with van der Waals surface area (Å²) in [4.78, 5) is 25.2. The maximum absolute atomic E-state index is 12.8. The van der Waals surface area contributed by atoms with Crippen molar-refractivity contribution >= 4 is 11.8 Å². The van der Waals surface area contributed by atoms with Gasteiger partial charge in [-0.3, -0.25) is 25.1 Å². The molecule has 1 atom stereocenters. The Labute approximate surface area is 178 Å². The number of carbonyl (C=O) groups is 2. The van der Waals surface area contributed by atoms with E-state index in [2.05, 4.69) is 16.0 Å². The van der Waals surface area contributed by atoms with Crippen molar-refractivity contribution in [2.75, 3.05) is 0 Å². The largest absolute Gasteiger partial charge is 0.486 e. The molecule has 2 amide bonds. The number of para-hydroxylation sites is 1. The highest BCUT2D eigenvalue weighted by atomic mass is 16.5. The molecule has 1 unspecified atom stereocenters. The van der Waals surface area contributed by atoms with Gasteiger partial charge in [-0.25, -0.2) is 0 Å². The molecule has 0 radical (unpaired) electrons. The topological polar surface area (TPSA) is 98.4 Å². The van der Waals surface area contributed by atoms with Crippen LogP contribution in [0, 0.1) is 0 Å². The van der Waals surface area contributed by atoms with E-state index in [9.17, 15) is 9.59 Å². The van der Waals surface area contributed by atoms with Crippen LogP contribution < -0.4 is 15.6 Å². The number of ether oxygens (including phenoxy) is 1. The average Bonchev–Trinajstić information content (AvgIpc) is 3.50. The molecule has 0 aliphatic carbocycles. The molecule has 2 heterocycles. The smallest absolute Gasteiger partial charge is 0.305 e. The van der Waals surface area contributed by atoms with Gasteiger partial charge < -0.3 is 9.15 Å². The normalized spacial score (nSPS) is 11.5. The first kappa shape index (κ1) is 20.0. The van der Waals surface area contributed by atoms with Gasteiger partial charge in [0.1, 0.15) is 18.1 Å². The van der Waals surface area contributed by atoms with Gasteiger partial charge in [0.05, 0.1) is 0 Å². The van der Waals surface area contributed by atoms with Crippen LogP contribution in [0.5, 0.6) is 5.75 Å². The number of aromatic nitrogens is 2. The molecular formula is C23H20N4O4. The summed E-state index contributed by atoms with van der Waals surface area (Å²) < 4.78 is 12.6. The lowest BCUT2D eigenvalue weighted by Gasteiger charge is -2.17. The van der Waals surface area contributed by atoms with E-state index in [0.717, 1.165) is 5.56 Å². The molecule has 2 aromatic carbocycles. The zero-order valence-electron chi connectivity index (χ0n) is 16.5. The predicted octanol–water partition coefficient (Wildman–Crippen LogP) is 3.11. The molecule has 0 saturated heterocycles. The van der Waals surface area contributed by atoms with Crippen molar-refractivity contribution in [2.24, 2.45) is 0 Å². The molecule has 4 aromatic rings. The monoisotopic (exact) mass is 416 g/mol. The van der Waals surface area contributed by atoms with Crippen LogP contribution >= 0.6 is 0 Å². The van der Waals surface area contributed by atoms with E-state index in [1.54, 1.807) is 24.5 Å². The lowest BCUT2D eigenvalue weighted by Crippen LogP contribution is -2.45. The van der Waals surface area contributed by atoms with E-state index in [1.165, 1.54) is 10.7 Å². The summed E-state index contributed by atoms with van der Waals surface area (Å²) in [6, 6.07) is 22.6. The minimum atomic E-state index is -0.733. The Balaban J connectivity index is 1.36. The Morgan fingerprint density at radius 2 is 1.68 bits per heavy atom. The second-order valence-corrected chi connectivity index (χ2v) is 6.61. The lowest BCUT2D eigenvalue weighted by atomic mass is 10.1. The average molecular weight is 416 g/mol. The summed E-state index contributed by atoms with van der Waals surface area (Å²) in [5.41, 5.74) is 5.56. The molecule has 0 bridgehead atoms. The zero-order valence-corrected chi connectivity index (χ0v) is 16.5. The van der Waals surface area contributed by atoms with Crippen molar-refractivity contribution < 1.29 is 18.7 Å². The Morgan fingerprint density at radius 3 is 2.39 bits per heavy atom. The third kappa shape index (κ3) is 4.99. The maximum Gasteiger partial charge on any atom is 0.305 e. The SMILES string of the molecule is O=C(NNC(=O)C(c1ccccc1)n1cccn1)c1ccc(COc2ccccc2)o1. The first-order valence-electron chi connectivity index (χ1n) is 9.61. The van der Waals surface area contributed by atoms with E-state index in [0.29, 0.717) is 11.5 Å². The first-order chi connectivity index (χ1) is 15.2. The minimum Gasteiger partial charge on any atom is -0.486 e. The lowest BCUT2D eigenvalue weighted by molar-refractivity contribution is -0.124. The molecule has 2 aromatic heterocycles. The third-order valence-electron chi connectivity index (χ3n) is 4.46. The standard InChI is InChI=1S/C23H20N4O4/c28-22(20-13-12-19(31-20)16-30-18-10-5-2-6-11-18)25-26-23(29)21(27-15-7-14-24-27)17-8-3-1-4-9-17/h1-15,21H,16H2,(H,25,28)(H,26,29). The van der Waals surface area contributed by atoms with Crippen molar-refractivity contribution in [1.82, 2.24) is 20.6 Å². The number of nitrogens with one attached hydrogen (secondary N) is 2. The van der Waals surface area contributed by atoms with Gasteiger partial charge >= 0.3 is 5.91 Å². The fourth-order valence-electron chi connectivity index (χ4n) is 2.99. The Hall–Kier alpha value is -4.33. The molecule has 8 nitrogen and oxygen atoms in total. The molecule has 0 fully saturated rings. The molecule has 0 saturated carbocycles. The van der Waals surface area contributed by atoms with Gasteiger partial charge in [-0.1, -0.05) is 48.5 Å². The van der Waals surface area contributed by atoms with Crippen molar-refractivity contribution in [3.63, 3.8) is 0 Å². The number of rotatable bonds is 7. The van der Waals surface area contributed by atoms with Crippen LogP contribution in [0.15, 0.2) is 95.7 Å². The van der Waals surface area contributed by atoms with Crippen LogP contribution in [-0.2, 0) is 11.4 Å². The fourth-order valence-corrected chi connectivity index (χ4v) is 2.99. The number of hydrogen-bond acceptors (Lipinski definition) is 5. The van der Waals surface area contributed by atoms with Gasteiger partial charge in [-0.15, -0.1) is 0 Å². The van der Waals surface area contributed by atoms with Crippen LogP contribution in [0.4, 0.5) is 0 Å². The molecule has 2 N–H and O–H groups in total. The van der Waals surface area contributed by atoms with Gasteiger partial charge in [0.15, 0.2) is 11.8 Å². The summed E-state index contributed by atoms with van der Waals surface area (Å²) >= 11 is 0. The third-order valence-corrected chi connectivity index (χ3v) is 4.46. The van der Waals surface area contributed by atoms with Crippen LogP contribution in [0.3, 0.4) is 0 Å². The van der Waals surface area contributed by atoms with Crippen LogP contribution in [0.25, 0.3) is 0 Å². The second-order valence-electron chi connectivity index (χ2n) is 6.61. The summed E-state index contributed by atoms with van der Waals surface area (Å²) in [6.07, 6.45) is 3.27. The number of furan rings is 1. The molecule has 0 spiro atoms. The van der Waals surface area contributed by atoms with Crippen molar-refractivity contribution in [3.05, 3.63) is 108 Å². The summed E-state index contributed by atoms with van der Waals surface area (Å²) in [6.45, 7) is 0.180. The summed E-state index contributed by atoms with van der Waals surface area (Å²) in [5, 5.41) is 4.16. The highest BCUT2D eigenvalue weighted by Crippen LogP contribution is 2.17. The molecule has 156 valence electrons. The molecule has 4 rings (SSSR count). The highest BCUT2D eigenvalue weighted by Gasteiger charge is 2.24. The number of nitrogens with zero attached hydrogens (tertiary/aromatic N) is 2. The van der Waals surface area contributed by atoms with Gasteiger partial charge in [-0.05, 0) is 35.9 Å². The quantitative estimate of drug-likeness (QED) is 0.451. The molecule has 8 heteroatoms. The molecule has 0 aliphatic rings. The molecular weight excluding hydrogens is 396 g/mol. The summed E-state index contributed by atoms with van der Waals surface area (Å²) in [7, 11) is 0. The Morgan fingerprint density at radius 1 is 0.935 bits per heavy atom. The number of hydrogen-bond donors (Lipinski definition) is 2. The zero-order chi connectivity index (χ0) is 21.5. The van der Waals surface area contributed by atoms with Crippen molar-refractivity contribution in [2.45, 2.75) is 12.6 Å².